The van der Waals surface area contributed by atoms with Gasteiger partial charge >= 0.3 is 0 Å². The maximum atomic E-state index is 14.0. The Kier molecular flexibility index (Phi) is 2.84. The highest BCUT2D eigenvalue weighted by Crippen LogP contribution is 2.37. The van der Waals surface area contributed by atoms with Gasteiger partial charge in [0, 0.05) is 18.7 Å². The Hall–Kier alpha value is -1.74. The molecule has 1 unspecified atom stereocenters. The molecule has 2 aromatic rings. The summed E-state index contributed by atoms with van der Waals surface area (Å²) >= 11 is 0. The van der Waals surface area contributed by atoms with E-state index in [1.54, 1.807) is 12.3 Å². The first-order valence-electron chi connectivity index (χ1n) is 6.22. The molecule has 0 fully saturated rings. The van der Waals surface area contributed by atoms with Crippen molar-refractivity contribution < 1.29 is 4.39 Å². The van der Waals surface area contributed by atoms with Crippen LogP contribution in [0.15, 0.2) is 36.5 Å². The Balaban J connectivity index is 2.07. The summed E-state index contributed by atoms with van der Waals surface area (Å²) in [7, 11) is 0. The van der Waals surface area contributed by atoms with E-state index in [1.807, 2.05) is 12.1 Å². The largest absolute Gasteiger partial charge is 0.326 e. The van der Waals surface area contributed by atoms with Gasteiger partial charge in [-0.2, -0.15) is 0 Å². The number of fused-ring (bicyclic) bond motifs is 1. The number of halogens is 1. The van der Waals surface area contributed by atoms with Crippen LogP contribution in [0.3, 0.4) is 0 Å². The number of benzene rings is 1. The molecule has 1 aromatic carbocycles. The minimum Gasteiger partial charge on any atom is -0.326 e. The molecule has 3 heteroatoms. The van der Waals surface area contributed by atoms with Crippen molar-refractivity contribution in [2.75, 3.05) is 0 Å². The third-order valence-electron chi connectivity index (χ3n) is 3.63. The fraction of sp³-hybridized carbons (Fsp3) is 0.267. The Morgan fingerprint density at radius 2 is 2.22 bits per heavy atom. The van der Waals surface area contributed by atoms with E-state index >= 15 is 0 Å². The zero-order chi connectivity index (χ0) is 12.5. The summed E-state index contributed by atoms with van der Waals surface area (Å²) in [5.41, 5.74) is 9.58. The van der Waals surface area contributed by atoms with Gasteiger partial charge in [-0.25, -0.2) is 4.39 Å². The van der Waals surface area contributed by atoms with E-state index in [2.05, 4.69) is 11.1 Å². The number of aryl methyl sites for hydroxylation is 1. The third kappa shape index (κ3) is 1.81. The first-order valence-corrected chi connectivity index (χ1v) is 6.22. The van der Waals surface area contributed by atoms with Crippen LogP contribution in [0, 0.1) is 5.82 Å². The quantitative estimate of drug-likeness (QED) is 0.879. The average Bonchev–Trinajstić information content (AvgIpc) is 2.83. The van der Waals surface area contributed by atoms with Crippen LogP contribution in [-0.4, -0.2) is 4.98 Å². The zero-order valence-electron chi connectivity index (χ0n) is 10.1. The van der Waals surface area contributed by atoms with Crippen molar-refractivity contribution in [3.05, 3.63) is 64.7 Å². The summed E-state index contributed by atoms with van der Waals surface area (Å²) in [6.07, 6.45) is 3.68. The van der Waals surface area contributed by atoms with Gasteiger partial charge in [-0.15, -0.1) is 0 Å². The van der Waals surface area contributed by atoms with Gasteiger partial charge in [0.05, 0.1) is 5.69 Å². The molecular formula is C15H15FN2. The van der Waals surface area contributed by atoms with Gasteiger partial charge < -0.3 is 5.73 Å². The van der Waals surface area contributed by atoms with E-state index in [1.165, 1.54) is 11.6 Å². The molecule has 0 radical (unpaired) electrons. The predicted molar refractivity (Wildman–Crippen MR) is 68.7 cm³/mol. The van der Waals surface area contributed by atoms with Gasteiger partial charge in [0.15, 0.2) is 0 Å². The van der Waals surface area contributed by atoms with Crippen molar-refractivity contribution in [2.24, 2.45) is 5.73 Å². The van der Waals surface area contributed by atoms with E-state index in [4.69, 9.17) is 5.73 Å². The summed E-state index contributed by atoms with van der Waals surface area (Å²) in [4.78, 5) is 4.42. The van der Waals surface area contributed by atoms with Crippen molar-refractivity contribution in [3.8, 4) is 0 Å². The number of nitrogens with two attached hydrogens (primary N) is 1. The Morgan fingerprint density at radius 1 is 1.33 bits per heavy atom. The first kappa shape index (κ1) is 11.4. The van der Waals surface area contributed by atoms with Gasteiger partial charge in [0.1, 0.15) is 5.82 Å². The standard InChI is InChI=1S/C15H15FN2/c16-14-6-3-10(9-17)8-13(14)12-5-4-11-2-1-7-18-15(11)12/h1-3,6-8,12H,4-5,9,17H2. The van der Waals surface area contributed by atoms with E-state index in [0.717, 1.165) is 29.7 Å². The molecule has 2 N–H and O–H groups in total. The maximum absolute atomic E-state index is 14.0. The highest BCUT2D eigenvalue weighted by molar-refractivity contribution is 5.39. The van der Waals surface area contributed by atoms with Crippen LogP contribution >= 0.6 is 0 Å². The normalized spacial score (nSPS) is 17.8. The van der Waals surface area contributed by atoms with Crippen molar-refractivity contribution in [1.29, 1.82) is 0 Å². The fourth-order valence-electron chi connectivity index (χ4n) is 2.70. The number of hydrogen-bond donors (Lipinski definition) is 1. The minimum atomic E-state index is -0.157. The number of hydrogen-bond acceptors (Lipinski definition) is 2. The van der Waals surface area contributed by atoms with Gasteiger partial charge in [0.25, 0.3) is 0 Å². The summed E-state index contributed by atoms with van der Waals surface area (Å²) in [5, 5.41) is 0. The minimum absolute atomic E-state index is 0.0766. The third-order valence-corrected chi connectivity index (χ3v) is 3.63. The molecule has 2 nitrogen and oxygen atoms in total. The molecule has 0 amide bonds. The fourth-order valence-corrected chi connectivity index (χ4v) is 2.70. The lowest BCUT2D eigenvalue weighted by Gasteiger charge is -2.13. The number of pyridine rings is 1. The van der Waals surface area contributed by atoms with E-state index in [-0.39, 0.29) is 11.7 Å². The van der Waals surface area contributed by atoms with Crippen LogP contribution in [0.1, 0.15) is 34.7 Å². The van der Waals surface area contributed by atoms with Gasteiger partial charge in [-0.1, -0.05) is 18.2 Å². The van der Waals surface area contributed by atoms with Crippen LogP contribution in [-0.2, 0) is 13.0 Å². The first-order chi connectivity index (χ1) is 8.79. The molecule has 92 valence electrons. The molecular weight excluding hydrogens is 227 g/mol. The molecule has 0 aliphatic heterocycles. The van der Waals surface area contributed by atoms with Crippen molar-refractivity contribution >= 4 is 0 Å². The lowest BCUT2D eigenvalue weighted by molar-refractivity contribution is 0.591. The smallest absolute Gasteiger partial charge is 0.127 e. The molecule has 1 aromatic heterocycles. The second-order valence-corrected chi connectivity index (χ2v) is 4.70. The van der Waals surface area contributed by atoms with E-state index in [9.17, 15) is 4.39 Å². The monoisotopic (exact) mass is 242 g/mol. The van der Waals surface area contributed by atoms with Crippen molar-refractivity contribution in [2.45, 2.75) is 25.3 Å². The van der Waals surface area contributed by atoms with E-state index < -0.39 is 0 Å². The Morgan fingerprint density at radius 3 is 3.06 bits per heavy atom. The van der Waals surface area contributed by atoms with E-state index in [0.29, 0.717) is 6.54 Å². The van der Waals surface area contributed by atoms with Crippen LogP contribution in [0.4, 0.5) is 4.39 Å². The molecule has 1 atom stereocenters. The maximum Gasteiger partial charge on any atom is 0.127 e. The second-order valence-electron chi connectivity index (χ2n) is 4.70. The Labute approximate surface area is 106 Å². The van der Waals surface area contributed by atoms with Gasteiger partial charge in [-0.05, 0) is 41.7 Å². The van der Waals surface area contributed by atoms with Crippen molar-refractivity contribution in [1.82, 2.24) is 4.98 Å². The van der Waals surface area contributed by atoms with Crippen molar-refractivity contribution in [3.63, 3.8) is 0 Å². The second kappa shape index (κ2) is 4.50. The summed E-state index contributed by atoms with van der Waals surface area (Å²) in [6, 6.07) is 9.15. The van der Waals surface area contributed by atoms with Crippen LogP contribution in [0.2, 0.25) is 0 Å². The summed E-state index contributed by atoms with van der Waals surface area (Å²) in [5.74, 6) is -0.0802. The molecule has 0 spiro atoms. The summed E-state index contributed by atoms with van der Waals surface area (Å²) in [6.45, 7) is 0.440. The molecule has 0 bridgehead atoms. The number of aromatic nitrogens is 1. The van der Waals surface area contributed by atoms with Gasteiger partial charge in [0.2, 0.25) is 0 Å². The van der Waals surface area contributed by atoms with Gasteiger partial charge in [-0.3, -0.25) is 4.98 Å². The molecule has 3 rings (SSSR count). The molecule has 0 saturated carbocycles. The highest BCUT2D eigenvalue weighted by atomic mass is 19.1. The molecule has 1 heterocycles. The molecule has 18 heavy (non-hydrogen) atoms. The lowest BCUT2D eigenvalue weighted by Crippen LogP contribution is -2.04. The van der Waals surface area contributed by atoms with Crippen LogP contribution < -0.4 is 5.73 Å². The highest BCUT2D eigenvalue weighted by Gasteiger charge is 2.27. The number of rotatable bonds is 2. The Bertz CT molecular complexity index is 580. The SMILES string of the molecule is NCc1ccc(F)c(C2CCc3cccnc32)c1. The lowest BCUT2D eigenvalue weighted by atomic mass is 9.94. The predicted octanol–water partition coefficient (Wildman–Crippen LogP) is 2.76. The average molecular weight is 242 g/mol. The molecule has 0 saturated heterocycles. The zero-order valence-corrected chi connectivity index (χ0v) is 10.1. The molecule has 1 aliphatic carbocycles. The molecule has 1 aliphatic rings. The number of nitrogens with zero attached hydrogens (tertiary/aromatic N) is 1. The topological polar surface area (TPSA) is 38.9 Å². The van der Waals surface area contributed by atoms with Crippen LogP contribution in [0.5, 0.6) is 0 Å². The van der Waals surface area contributed by atoms with Crippen LogP contribution in [0.25, 0.3) is 0 Å². The summed E-state index contributed by atoms with van der Waals surface area (Å²) < 4.78 is 14.0.